The Morgan fingerprint density at radius 3 is 2.20 bits per heavy atom. The second-order valence-corrected chi connectivity index (χ2v) is 7.14. The average Bonchev–Trinajstić information content (AvgIpc) is 3.42. The van der Waals surface area contributed by atoms with Gasteiger partial charge in [0.1, 0.15) is 0 Å². The van der Waals surface area contributed by atoms with Crippen LogP contribution in [0.2, 0.25) is 5.02 Å². The molecule has 1 aliphatic carbocycles. The zero-order valence-corrected chi connectivity index (χ0v) is 15.8. The summed E-state index contributed by atoms with van der Waals surface area (Å²) in [7, 11) is 0. The smallest absolute Gasteiger partial charge is 0.227 e. The fraction of sp³-hybridized carbons (Fsp3) is 0.556. The van der Waals surface area contributed by atoms with Gasteiger partial charge in [-0.15, -0.1) is 12.4 Å². The summed E-state index contributed by atoms with van der Waals surface area (Å²) in [5.74, 6) is 0.713. The first-order chi connectivity index (χ1) is 11.5. The Bertz CT molecular complexity index is 614. The highest BCUT2D eigenvalue weighted by atomic mass is 35.5. The van der Waals surface area contributed by atoms with Gasteiger partial charge in [0.05, 0.1) is 6.42 Å². The van der Waals surface area contributed by atoms with Gasteiger partial charge in [-0.2, -0.15) is 0 Å². The lowest BCUT2D eigenvalue weighted by molar-refractivity contribution is -0.139. The largest absolute Gasteiger partial charge is 0.339 e. The molecule has 138 valence electrons. The number of carbonyl (C=O) groups is 2. The van der Waals surface area contributed by atoms with E-state index >= 15 is 0 Å². The number of halogens is 2. The number of amides is 2. The maximum atomic E-state index is 12.4. The van der Waals surface area contributed by atoms with E-state index in [4.69, 9.17) is 17.3 Å². The van der Waals surface area contributed by atoms with Crippen LogP contribution >= 0.6 is 24.0 Å². The van der Waals surface area contributed by atoms with Crippen LogP contribution in [0.3, 0.4) is 0 Å². The Morgan fingerprint density at radius 2 is 1.64 bits per heavy atom. The number of benzene rings is 1. The van der Waals surface area contributed by atoms with Crippen molar-refractivity contribution in [2.24, 2.45) is 11.7 Å². The van der Waals surface area contributed by atoms with Gasteiger partial charge in [0.2, 0.25) is 11.8 Å². The molecular formula is C18H25Cl2N3O2. The SMILES string of the molecule is Cl.NC(CC(=O)N1CCN(C(=O)Cc2ccccc2Cl)CC1)C1CC1. The molecule has 1 unspecified atom stereocenters. The van der Waals surface area contributed by atoms with Gasteiger partial charge in [-0.25, -0.2) is 0 Å². The molecule has 1 atom stereocenters. The van der Waals surface area contributed by atoms with Crippen LogP contribution in [0.15, 0.2) is 24.3 Å². The lowest BCUT2D eigenvalue weighted by Gasteiger charge is -2.35. The van der Waals surface area contributed by atoms with E-state index in [0.29, 0.717) is 50.0 Å². The van der Waals surface area contributed by atoms with Gasteiger partial charge in [0.15, 0.2) is 0 Å². The Morgan fingerprint density at radius 1 is 1.08 bits per heavy atom. The number of piperazine rings is 1. The van der Waals surface area contributed by atoms with Crippen molar-refractivity contribution >= 4 is 35.8 Å². The van der Waals surface area contributed by atoms with Crippen LogP contribution in [0.1, 0.15) is 24.8 Å². The van der Waals surface area contributed by atoms with Crippen molar-refractivity contribution in [3.05, 3.63) is 34.9 Å². The highest BCUT2D eigenvalue weighted by molar-refractivity contribution is 6.31. The topological polar surface area (TPSA) is 66.6 Å². The van der Waals surface area contributed by atoms with Gasteiger partial charge in [-0.3, -0.25) is 9.59 Å². The summed E-state index contributed by atoms with van der Waals surface area (Å²) >= 11 is 6.12. The van der Waals surface area contributed by atoms with Crippen molar-refractivity contribution in [1.82, 2.24) is 9.80 Å². The molecule has 5 nitrogen and oxygen atoms in total. The van der Waals surface area contributed by atoms with Crippen LogP contribution in [-0.4, -0.2) is 53.8 Å². The molecule has 1 aromatic rings. The van der Waals surface area contributed by atoms with Crippen molar-refractivity contribution < 1.29 is 9.59 Å². The summed E-state index contributed by atoms with van der Waals surface area (Å²) in [4.78, 5) is 28.3. The van der Waals surface area contributed by atoms with Gasteiger partial charge in [0, 0.05) is 43.7 Å². The zero-order chi connectivity index (χ0) is 17.1. The molecule has 0 bridgehead atoms. The number of nitrogens with two attached hydrogens (primary N) is 1. The molecule has 1 aromatic carbocycles. The first-order valence-electron chi connectivity index (χ1n) is 8.59. The molecular weight excluding hydrogens is 361 g/mol. The van der Waals surface area contributed by atoms with Crippen molar-refractivity contribution in [3.8, 4) is 0 Å². The highest BCUT2D eigenvalue weighted by Crippen LogP contribution is 2.33. The molecule has 0 radical (unpaired) electrons. The lowest BCUT2D eigenvalue weighted by atomic mass is 10.1. The summed E-state index contributed by atoms with van der Waals surface area (Å²) in [6.07, 6.45) is 3.04. The fourth-order valence-electron chi connectivity index (χ4n) is 3.14. The summed E-state index contributed by atoms with van der Waals surface area (Å²) in [6.45, 7) is 2.33. The molecule has 1 aliphatic heterocycles. The molecule has 0 spiro atoms. The van der Waals surface area contributed by atoms with Crippen LogP contribution < -0.4 is 5.73 Å². The molecule has 1 heterocycles. The molecule has 2 amide bonds. The predicted molar refractivity (Wildman–Crippen MR) is 101 cm³/mol. The number of nitrogens with zero attached hydrogens (tertiary/aromatic N) is 2. The molecule has 7 heteroatoms. The van der Waals surface area contributed by atoms with Gasteiger partial charge in [0.25, 0.3) is 0 Å². The number of carbonyl (C=O) groups excluding carboxylic acids is 2. The van der Waals surface area contributed by atoms with Crippen molar-refractivity contribution in [3.63, 3.8) is 0 Å². The van der Waals surface area contributed by atoms with E-state index in [1.165, 1.54) is 0 Å². The second-order valence-electron chi connectivity index (χ2n) is 6.74. The minimum absolute atomic E-state index is 0. The molecule has 1 saturated carbocycles. The molecule has 25 heavy (non-hydrogen) atoms. The third-order valence-corrected chi connectivity index (χ3v) is 5.29. The Balaban J connectivity index is 0.00000225. The molecule has 3 rings (SSSR count). The number of rotatable bonds is 5. The van der Waals surface area contributed by atoms with E-state index in [2.05, 4.69) is 0 Å². The van der Waals surface area contributed by atoms with Gasteiger partial charge in [-0.1, -0.05) is 29.8 Å². The van der Waals surface area contributed by atoms with Crippen LogP contribution in [0.5, 0.6) is 0 Å². The van der Waals surface area contributed by atoms with Crippen LogP contribution in [-0.2, 0) is 16.0 Å². The molecule has 2 N–H and O–H groups in total. The van der Waals surface area contributed by atoms with Crippen molar-refractivity contribution in [2.75, 3.05) is 26.2 Å². The van der Waals surface area contributed by atoms with E-state index in [0.717, 1.165) is 18.4 Å². The summed E-state index contributed by atoms with van der Waals surface area (Å²) in [5.41, 5.74) is 6.88. The van der Waals surface area contributed by atoms with Gasteiger partial charge < -0.3 is 15.5 Å². The highest BCUT2D eigenvalue weighted by Gasteiger charge is 2.32. The average molecular weight is 386 g/mol. The van der Waals surface area contributed by atoms with Crippen LogP contribution in [0, 0.1) is 5.92 Å². The number of hydrogen-bond acceptors (Lipinski definition) is 3. The summed E-state index contributed by atoms with van der Waals surface area (Å²) < 4.78 is 0. The minimum Gasteiger partial charge on any atom is -0.339 e. The minimum atomic E-state index is -0.00242. The van der Waals surface area contributed by atoms with Gasteiger partial charge in [-0.05, 0) is 30.4 Å². The Labute approximate surface area is 159 Å². The maximum Gasteiger partial charge on any atom is 0.227 e. The van der Waals surface area contributed by atoms with E-state index in [1.54, 1.807) is 6.07 Å². The standard InChI is InChI=1S/C18H24ClN3O2.ClH/c19-15-4-2-1-3-14(15)11-17(23)21-7-9-22(10-8-21)18(24)12-16(20)13-5-6-13;/h1-4,13,16H,5-12,20H2;1H. The fourth-order valence-corrected chi connectivity index (χ4v) is 3.35. The lowest BCUT2D eigenvalue weighted by Crippen LogP contribution is -2.51. The Hall–Kier alpha value is -1.30. The first-order valence-corrected chi connectivity index (χ1v) is 8.97. The normalized spacial score (nSPS) is 18.5. The van der Waals surface area contributed by atoms with Gasteiger partial charge >= 0.3 is 0 Å². The quantitative estimate of drug-likeness (QED) is 0.843. The molecule has 1 saturated heterocycles. The third-order valence-electron chi connectivity index (χ3n) is 4.92. The molecule has 2 fully saturated rings. The summed E-state index contributed by atoms with van der Waals surface area (Å²) in [6, 6.07) is 7.40. The zero-order valence-electron chi connectivity index (χ0n) is 14.2. The van der Waals surface area contributed by atoms with Crippen LogP contribution in [0.25, 0.3) is 0 Å². The van der Waals surface area contributed by atoms with Crippen LogP contribution in [0.4, 0.5) is 0 Å². The van der Waals surface area contributed by atoms with E-state index in [9.17, 15) is 9.59 Å². The molecule has 2 aliphatic rings. The third kappa shape index (κ3) is 5.33. The first kappa shape index (κ1) is 20.0. The predicted octanol–water partition coefficient (Wildman–Crippen LogP) is 2.10. The van der Waals surface area contributed by atoms with Crippen molar-refractivity contribution in [1.29, 1.82) is 0 Å². The second kappa shape index (κ2) is 8.88. The molecule has 0 aromatic heterocycles. The van der Waals surface area contributed by atoms with E-state index in [1.807, 2.05) is 28.0 Å². The maximum absolute atomic E-state index is 12.4. The van der Waals surface area contributed by atoms with Crippen molar-refractivity contribution in [2.45, 2.75) is 31.7 Å². The summed E-state index contributed by atoms with van der Waals surface area (Å²) in [5, 5.41) is 0.619. The van der Waals surface area contributed by atoms with E-state index in [-0.39, 0.29) is 30.3 Å². The van der Waals surface area contributed by atoms with E-state index < -0.39 is 0 Å². The Kier molecular flexibility index (Phi) is 7.11. The number of hydrogen-bond donors (Lipinski definition) is 1. The monoisotopic (exact) mass is 385 g/mol.